The van der Waals surface area contributed by atoms with Gasteiger partial charge in [-0.05, 0) is 67.5 Å². The van der Waals surface area contributed by atoms with Crippen molar-refractivity contribution in [2.45, 2.75) is 13.8 Å². The molecular formula is C22H17FN4O3S. The molecule has 0 saturated carbocycles. The van der Waals surface area contributed by atoms with Gasteiger partial charge in [0.05, 0.1) is 11.4 Å². The van der Waals surface area contributed by atoms with E-state index in [0.717, 1.165) is 28.2 Å². The monoisotopic (exact) mass is 436 g/mol. The summed E-state index contributed by atoms with van der Waals surface area (Å²) in [5.74, 6) is -4.57. The molecule has 1 aliphatic rings. The summed E-state index contributed by atoms with van der Waals surface area (Å²) in [5.41, 5.74) is 1.73. The Bertz CT molecular complexity index is 1190. The summed E-state index contributed by atoms with van der Waals surface area (Å²) in [6.45, 7) is 3.78. The smallest absolute Gasteiger partial charge is 0.266 e. The molecule has 1 atom stereocenters. The molecule has 0 unspecified atom stereocenters. The first-order valence-corrected chi connectivity index (χ1v) is 9.57. The molecule has 2 aromatic rings. The summed E-state index contributed by atoms with van der Waals surface area (Å²) in [5, 5.41) is 14.0. The molecule has 0 aliphatic carbocycles. The Kier molecular flexibility index (Phi) is 6.22. The van der Waals surface area contributed by atoms with Gasteiger partial charge in [-0.1, -0.05) is 18.2 Å². The van der Waals surface area contributed by atoms with E-state index in [1.54, 1.807) is 18.2 Å². The molecule has 0 radical (unpaired) electrons. The fraction of sp³-hybridized carbons (Fsp3) is 0.136. The predicted molar refractivity (Wildman–Crippen MR) is 116 cm³/mol. The van der Waals surface area contributed by atoms with E-state index in [2.05, 4.69) is 10.6 Å². The van der Waals surface area contributed by atoms with Gasteiger partial charge in [-0.25, -0.2) is 4.39 Å². The van der Waals surface area contributed by atoms with Gasteiger partial charge >= 0.3 is 0 Å². The standard InChI is InChI=1S/C22H17FN4O3S/c1-12-7-8-15(9-13(12)2)27-21(30)16(20(29)26-22(27)31)10-14(11-24)19(28)25-18-6-4-3-5-17(18)23/h3-10,16H,1-2H3,(H,25,28)(H,26,29,31)/b14-10+/t16-/m1/s1. The fourth-order valence-electron chi connectivity index (χ4n) is 2.93. The number of para-hydroxylation sites is 1. The third kappa shape index (κ3) is 4.49. The first-order valence-electron chi connectivity index (χ1n) is 9.16. The Morgan fingerprint density at radius 1 is 1.23 bits per heavy atom. The van der Waals surface area contributed by atoms with Gasteiger partial charge in [0.25, 0.3) is 5.91 Å². The minimum Gasteiger partial charge on any atom is -0.319 e. The molecule has 0 spiro atoms. The van der Waals surface area contributed by atoms with E-state index in [9.17, 15) is 24.0 Å². The van der Waals surface area contributed by atoms with Gasteiger partial charge in [0.1, 0.15) is 23.4 Å². The first-order chi connectivity index (χ1) is 14.7. The fourth-order valence-corrected chi connectivity index (χ4v) is 3.23. The number of amides is 3. The maximum absolute atomic E-state index is 13.8. The zero-order valence-corrected chi connectivity index (χ0v) is 17.4. The molecule has 2 aromatic carbocycles. The van der Waals surface area contributed by atoms with Crippen molar-refractivity contribution in [2.24, 2.45) is 5.92 Å². The summed E-state index contributed by atoms with van der Waals surface area (Å²) in [6.07, 6.45) is 0.948. The van der Waals surface area contributed by atoms with Crippen molar-refractivity contribution in [2.75, 3.05) is 10.2 Å². The molecule has 3 amide bonds. The lowest BCUT2D eigenvalue weighted by Crippen LogP contribution is -2.57. The van der Waals surface area contributed by atoms with E-state index >= 15 is 0 Å². The number of carbonyl (C=O) groups is 3. The zero-order chi connectivity index (χ0) is 22.7. The van der Waals surface area contributed by atoms with Crippen LogP contribution >= 0.6 is 12.2 Å². The lowest BCUT2D eigenvalue weighted by atomic mass is 10.00. The van der Waals surface area contributed by atoms with Crippen molar-refractivity contribution in [1.29, 1.82) is 5.26 Å². The van der Waals surface area contributed by atoms with E-state index in [1.807, 2.05) is 19.9 Å². The second-order valence-corrected chi connectivity index (χ2v) is 7.23. The number of nitriles is 1. The molecule has 7 nitrogen and oxygen atoms in total. The third-order valence-corrected chi connectivity index (χ3v) is 5.06. The van der Waals surface area contributed by atoms with Gasteiger partial charge in [-0.3, -0.25) is 19.3 Å². The van der Waals surface area contributed by atoms with E-state index in [0.29, 0.717) is 5.69 Å². The maximum atomic E-state index is 13.8. The summed E-state index contributed by atoms with van der Waals surface area (Å²) in [7, 11) is 0. The third-order valence-electron chi connectivity index (χ3n) is 4.77. The van der Waals surface area contributed by atoms with E-state index in [1.165, 1.54) is 18.2 Å². The van der Waals surface area contributed by atoms with Crippen molar-refractivity contribution in [1.82, 2.24) is 5.32 Å². The number of thiocarbonyl (C=S) groups is 1. The quantitative estimate of drug-likeness (QED) is 0.332. The maximum Gasteiger partial charge on any atom is 0.266 e. The Morgan fingerprint density at radius 2 is 1.94 bits per heavy atom. The van der Waals surface area contributed by atoms with Crippen molar-refractivity contribution < 1.29 is 18.8 Å². The first kappa shape index (κ1) is 21.8. The van der Waals surface area contributed by atoms with Crippen LogP contribution in [0.1, 0.15) is 11.1 Å². The number of nitrogens with zero attached hydrogens (tertiary/aromatic N) is 2. The van der Waals surface area contributed by atoms with Gasteiger partial charge in [0, 0.05) is 0 Å². The summed E-state index contributed by atoms with van der Waals surface area (Å²) in [6, 6.07) is 12.3. The number of rotatable bonds is 4. The van der Waals surface area contributed by atoms with Crippen LogP contribution in [0, 0.1) is 36.9 Å². The molecule has 9 heteroatoms. The summed E-state index contributed by atoms with van der Waals surface area (Å²) < 4.78 is 13.8. The summed E-state index contributed by atoms with van der Waals surface area (Å²) in [4.78, 5) is 39.0. The highest BCUT2D eigenvalue weighted by molar-refractivity contribution is 7.80. The van der Waals surface area contributed by atoms with Crippen molar-refractivity contribution in [3.05, 3.63) is 71.1 Å². The highest BCUT2D eigenvalue weighted by Crippen LogP contribution is 2.25. The number of nitrogens with one attached hydrogen (secondary N) is 2. The minimum absolute atomic E-state index is 0.0998. The van der Waals surface area contributed by atoms with E-state index < -0.39 is 35.0 Å². The Hall–Kier alpha value is -3.90. The van der Waals surface area contributed by atoms with Crippen LogP contribution < -0.4 is 15.5 Å². The van der Waals surface area contributed by atoms with Gasteiger partial charge in [0.2, 0.25) is 11.8 Å². The molecule has 1 fully saturated rings. The minimum atomic E-state index is -1.46. The zero-order valence-electron chi connectivity index (χ0n) is 16.6. The Morgan fingerprint density at radius 3 is 2.58 bits per heavy atom. The number of aryl methyl sites for hydroxylation is 2. The van der Waals surface area contributed by atoms with Crippen LogP contribution in [0.4, 0.5) is 15.8 Å². The number of hydrogen-bond acceptors (Lipinski definition) is 5. The van der Waals surface area contributed by atoms with Gasteiger partial charge in [-0.15, -0.1) is 0 Å². The molecular weight excluding hydrogens is 419 g/mol. The molecule has 31 heavy (non-hydrogen) atoms. The van der Waals surface area contributed by atoms with Crippen LogP contribution in [-0.4, -0.2) is 22.8 Å². The van der Waals surface area contributed by atoms with Gasteiger partial charge in [-0.2, -0.15) is 5.26 Å². The molecule has 1 saturated heterocycles. The normalized spacial score (nSPS) is 16.6. The number of halogens is 1. The number of hydrogen-bond donors (Lipinski definition) is 2. The van der Waals surface area contributed by atoms with E-state index in [4.69, 9.17) is 12.2 Å². The van der Waals surface area contributed by atoms with Crippen LogP contribution in [0.2, 0.25) is 0 Å². The van der Waals surface area contributed by atoms with Crippen LogP contribution in [0.15, 0.2) is 54.1 Å². The average molecular weight is 436 g/mol. The molecule has 1 heterocycles. The number of benzene rings is 2. The second kappa shape index (κ2) is 8.85. The molecule has 0 bridgehead atoms. The van der Waals surface area contributed by atoms with E-state index in [-0.39, 0.29) is 10.8 Å². The van der Waals surface area contributed by atoms with Gasteiger partial charge in [0.15, 0.2) is 5.11 Å². The van der Waals surface area contributed by atoms with Crippen LogP contribution in [0.3, 0.4) is 0 Å². The molecule has 3 rings (SSSR count). The predicted octanol–water partition coefficient (Wildman–Crippen LogP) is 2.90. The van der Waals surface area contributed by atoms with Crippen molar-refractivity contribution >= 4 is 46.4 Å². The topological polar surface area (TPSA) is 102 Å². The molecule has 2 N–H and O–H groups in total. The highest BCUT2D eigenvalue weighted by Gasteiger charge is 2.39. The molecule has 156 valence electrons. The van der Waals surface area contributed by atoms with Crippen LogP contribution in [0.25, 0.3) is 0 Å². The Balaban J connectivity index is 1.92. The number of carbonyl (C=O) groups excluding carboxylic acids is 3. The lowest BCUT2D eigenvalue weighted by molar-refractivity contribution is -0.131. The lowest BCUT2D eigenvalue weighted by Gasteiger charge is -2.31. The SMILES string of the molecule is Cc1ccc(N2C(=O)[C@H](/C=C(\C#N)C(=O)Nc3ccccc3F)C(=O)NC2=S)cc1C. The van der Waals surface area contributed by atoms with Crippen molar-refractivity contribution in [3.63, 3.8) is 0 Å². The summed E-state index contributed by atoms with van der Waals surface area (Å²) >= 11 is 5.15. The number of anilines is 2. The Labute approximate surface area is 183 Å². The molecule has 1 aliphatic heterocycles. The highest BCUT2D eigenvalue weighted by atomic mass is 32.1. The van der Waals surface area contributed by atoms with Crippen LogP contribution in [-0.2, 0) is 14.4 Å². The second-order valence-electron chi connectivity index (χ2n) is 6.84. The van der Waals surface area contributed by atoms with Gasteiger partial charge < -0.3 is 10.6 Å². The average Bonchev–Trinajstić information content (AvgIpc) is 2.72. The largest absolute Gasteiger partial charge is 0.319 e. The van der Waals surface area contributed by atoms with Crippen LogP contribution in [0.5, 0.6) is 0 Å². The van der Waals surface area contributed by atoms with Crippen molar-refractivity contribution in [3.8, 4) is 6.07 Å². The molecule has 0 aromatic heterocycles.